The van der Waals surface area contributed by atoms with Gasteiger partial charge in [0.25, 0.3) is 0 Å². The van der Waals surface area contributed by atoms with Crippen molar-refractivity contribution in [1.29, 1.82) is 0 Å². The monoisotopic (exact) mass is 159 g/mol. The van der Waals surface area contributed by atoms with E-state index in [9.17, 15) is 0 Å². The summed E-state index contributed by atoms with van der Waals surface area (Å²) in [5.74, 6) is 1.13. The van der Waals surface area contributed by atoms with Gasteiger partial charge in [-0.1, -0.05) is 25.1 Å². The third kappa shape index (κ3) is 2.39. The Morgan fingerprint density at radius 3 is 3.30 bits per heavy atom. The summed E-state index contributed by atoms with van der Waals surface area (Å²) in [6.45, 7) is 2.18. The molecule has 3 nitrogen and oxygen atoms in total. The summed E-state index contributed by atoms with van der Waals surface area (Å²) >= 11 is 1.72. The molecule has 0 aliphatic carbocycles. The molecule has 0 saturated heterocycles. The maximum absolute atomic E-state index is 3.98. The fourth-order valence-corrected chi connectivity index (χ4v) is 1.44. The molecular formula is C6H13N3S. The van der Waals surface area contributed by atoms with Crippen molar-refractivity contribution in [1.82, 2.24) is 15.2 Å². The van der Waals surface area contributed by atoms with Crippen molar-refractivity contribution in [3.8, 4) is 0 Å². The first-order valence-corrected chi connectivity index (χ1v) is 4.40. The standard InChI is InChI=1S/C6H11N3S.H2/c1-2-3-4-10-6-7-5-8-9-6;/h5H,2-4H2,1H3,(H,7,8,9);1H. The van der Waals surface area contributed by atoms with Crippen LogP contribution >= 0.6 is 11.8 Å². The molecule has 4 heteroatoms. The molecule has 0 radical (unpaired) electrons. The summed E-state index contributed by atoms with van der Waals surface area (Å²) in [6, 6.07) is 0. The average molecular weight is 159 g/mol. The van der Waals surface area contributed by atoms with Crippen LogP contribution in [0.2, 0.25) is 0 Å². The molecule has 1 rings (SSSR count). The van der Waals surface area contributed by atoms with Crippen molar-refractivity contribution in [2.24, 2.45) is 0 Å². The lowest BCUT2D eigenvalue weighted by atomic mass is 10.4. The van der Waals surface area contributed by atoms with Crippen LogP contribution < -0.4 is 0 Å². The maximum atomic E-state index is 3.98. The van der Waals surface area contributed by atoms with Gasteiger partial charge in [-0.2, -0.15) is 5.10 Å². The number of nitrogens with zero attached hydrogens (tertiary/aromatic N) is 2. The third-order valence-electron chi connectivity index (χ3n) is 1.13. The van der Waals surface area contributed by atoms with E-state index < -0.39 is 0 Å². The number of thioether (sulfide) groups is 1. The van der Waals surface area contributed by atoms with Crippen molar-refractivity contribution in [2.75, 3.05) is 5.75 Å². The van der Waals surface area contributed by atoms with Gasteiger partial charge in [0.15, 0.2) is 5.16 Å². The second kappa shape index (κ2) is 4.33. The third-order valence-corrected chi connectivity index (χ3v) is 2.09. The van der Waals surface area contributed by atoms with Gasteiger partial charge in [0.1, 0.15) is 6.33 Å². The van der Waals surface area contributed by atoms with Gasteiger partial charge in [-0.25, -0.2) is 4.98 Å². The second-order valence-electron chi connectivity index (χ2n) is 1.99. The highest BCUT2D eigenvalue weighted by molar-refractivity contribution is 7.99. The molecular weight excluding hydrogens is 146 g/mol. The Bertz CT molecular complexity index is 166. The number of rotatable bonds is 4. The Labute approximate surface area is 66.1 Å². The predicted octanol–water partition coefficient (Wildman–Crippen LogP) is 1.94. The van der Waals surface area contributed by atoms with E-state index in [2.05, 4.69) is 22.1 Å². The number of unbranched alkanes of at least 4 members (excludes halogenated alkanes) is 1. The molecule has 1 N–H and O–H groups in total. The van der Waals surface area contributed by atoms with Crippen molar-refractivity contribution < 1.29 is 1.43 Å². The van der Waals surface area contributed by atoms with E-state index in [1.165, 1.54) is 19.2 Å². The van der Waals surface area contributed by atoms with Gasteiger partial charge in [0.2, 0.25) is 0 Å². The molecule has 0 saturated carbocycles. The van der Waals surface area contributed by atoms with Gasteiger partial charge >= 0.3 is 0 Å². The smallest absolute Gasteiger partial charge is 0.183 e. The molecule has 0 unspecified atom stereocenters. The molecule has 10 heavy (non-hydrogen) atoms. The second-order valence-corrected chi connectivity index (χ2v) is 3.08. The van der Waals surface area contributed by atoms with Crippen LogP contribution in [-0.2, 0) is 0 Å². The topological polar surface area (TPSA) is 41.6 Å². The highest BCUT2D eigenvalue weighted by Gasteiger charge is 1.93. The van der Waals surface area contributed by atoms with Crippen LogP contribution in [-0.4, -0.2) is 20.9 Å². The van der Waals surface area contributed by atoms with Crippen LogP contribution in [0.15, 0.2) is 11.5 Å². The number of aromatic nitrogens is 3. The molecule has 0 atom stereocenters. The van der Waals surface area contributed by atoms with Crippen molar-refractivity contribution in [2.45, 2.75) is 24.9 Å². The van der Waals surface area contributed by atoms with Crippen LogP contribution in [0.5, 0.6) is 0 Å². The number of hydrogen-bond acceptors (Lipinski definition) is 3. The molecule has 1 heterocycles. The summed E-state index contributed by atoms with van der Waals surface area (Å²) in [6.07, 6.45) is 4.01. The van der Waals surface area contributed by atoms with Crippen LogP contribution in [0.25, 0.3) is 0 Å². The molecule has 0 spiro atoms. The first kappa shape index (κ1) is 7.60. The summed E-state index contributed by atoms with van der Waals surface area (Å²) in [5, 5.41) is 7.47. The van der Waals surface area contributed by atoms with Crippen molar-refractivity contribution in [3.05, 3.63) is 6.33 Å². The highest BCUT2D eigenvalue weighted by atomic mass is 32.2. The molecule has 0 aliphatic heterocycles. The summed E-state index contributed by atoms with van der Waals surface area (Å²) in [4.78, 5) is 3.98. The maximum Gasteiger partial charge on any atom is 0.183 e. The molecule has 0 amide bonds. The number of hydrogen-bond donors (Lipinski definition) is 1. The molecule has 0 aliphatic rings. The first-order valence-electron chi connectivity index (χ1n) is 3.41. The fourth-order valence-electron chi connectivity index (χ4n) is 0.577. The van der Waals surface area contributed by atoms with Gasteiger partial charge < -0.3 is 0 Å². The number of aromatic amines is 1. The van der Waals surface area contributed by atoms with E-state index in [1.807, 2.05) is 0 Å². The summed E-state index contributed by atoms with van der Waals surface area (Å²) < 4.78 is 0. The Balaban J connectivity index is 0.000001000. The summed E-state index contributed by atoms with van der Waals surface area (Å²) in [5.41, 5.74) is 0. The van der Waals surface area contributed by atoms with E-state index in [1.54, 1.807) is 11.8 Å². The zero-order valence-electron chi connectivity index (χ0n) is 6.00. The van der Waals surface area contributed by atoms with Gasteiger partial charge in [-0.15, -0.1) is 0 Å². The Morgan fingerprint density at radius 2 is 2.70 bits per heavy atom. The van der Waals surface area contributed by atoms with E-state index >= 15 is 0 Å². The highest BCUT2D eigenvalue weighted by Crippen LogP contribution is 2.11. The number of H-pyrrole nitrogens is 1. The van der Waals surface area contributed by atoms with E-state index in [0.29, 0.717) is 0 Å². The minimum absolute atomic E-state index is 0. The summed E-state index contributed by atoms with van der Waals surface area (Å²) in [7, 11) is 0. The van der Waals surface area contributed by atoms with E-state index in [4.69, 9.17) is 0 Å². The quantitative estimate of drug-likeness (QED) is 0.539. The van der Waals surface area contributed by atoms with E-state index in [-0.39, 0.29) is 1.43 Å². The molecule has 1 aromatic rings. The van der Waals surface area contributed by atoms with Crippen molar-refractivity contribution >= 4 is 11.8 Å². The van der Waals surface area contributed by atoms with Crippen LogP contribution in [0.1, 0.15) is 21.2 Å². The molecule has 0 bridgehead atoms. The minimum Gasteiger partial charge on any atom is -0.254 e. The lowest BCUT2D eigenvalue weighted by Crippen LogP contribution is -1.79. The van der Waals surface area contributed by atoms with Gasteiger partial charge in [0.05, 0.1) is 0 Å². The average Bonchev–Trinajstić information content (AvgIpc) is 2.41. The Kier molecular flexibility index (Phi) is 3.29. The molecule has 0 aromatic carbocycles. The SMILES string of the molecule is CCCCSc1ncn[nH]1.[HH]. The number of nitrogens with one attached hydrogen (secondary N) is 1. The van der Waals surface area contributed by atoms with Gasteiger partial charge in [-0.05, 0) is 6.42 Å². The Hall–Kier alpha value is -0.510. The van der Waals surface area contributed by atoms with Crippen LogP contribution in [0, 0.1) is 0 Å². The lowest BCUT2D eigenvalue weighted by molar-refractivity contribution is 0.889. The molecule has 1 aromatic heterocycles. The predicted molar refractivity (Wildman–Crippen MR) is 44.1 cm³/mol. The Morgan fingerprint density at radius 1 is 1.80 bits per heavy atom. The zero-order valence-corrected chi connectivity index (χ0v) is 6.82. The lowest BCUT2D eigenvalue weighted by Gasteiger charge is -1.92. The molecule has 58 valence electrons. The minimum atomic E-state index is 0. The van der Waals surface area contributed by atoms with Crippen LogP contribution in [0.4, 0.5) is 0 Å². The largest absolute Gasteiger partial charge is 0.254 e. The fraction of sp³-hybridized carbons (Fsp3) is 0.667. The normalized spacial score (nSPS) is 10.1. The zero-order chi connectivity index (χ0) is 7.23. The van der Waals surface area contributed by atoms with Gasteiger partial charge in [0, 0.05) is 7.18 Å². The van der Waals surface area contributed by atoms with Crippen molar-refractivity contribution in [3.63, 3.8) is 0 Å². The van der Waals surface area contributed by atoms with E-state index in [0.717, 1.165) is 10.9 Å². The first-order chi connectivity index (χ1) is 4.93. The van der Waals surface area contributed by atoms with Crippen LogP contribution in [0.3, 0.4) is 0 Å². The molecule has 0 fully saturated rings. The van der Waals surface area contributed by atoms with Gasteiger partial charge in [-0.3, -0.25) is 5.10 Å².